The fourth-order valence-electron chi connectivity index (χ4n) is 2.13. The van der Waals surface area contributed by atoms with Crippen molar-refractivity contribution in [2.24, 2.45) is 5.92 Å². The predicted molar refractivity (Wildman–Crippen MR) is 69.1 cm³/mol. The van der Waals surface area contributed by atoms with Crippen molar-refractivity contribution in [2.45, 2.75) is 26.3 Å². The van der Waals surface area contributed by atoms with Gasteiger partial charge < -0.3 is 15.3 Å². The monoisotopic (exact) mass is 280 g/mol. The Morgan fingerprint density at radius 2 is 2.25 bits per heavy atom. The normalized spacial score (nSPS) is 18.6. The van der Waals surface area contributed by atoms with Crippen LogP contribution in [0.25, 0.3) is 0 Å². The molecule has 108 valence electrons. The molecule has 2 rings (SSSR count). The fourth-order valence-corrected chi connectivity index (χ4v) is 2.13. The number of amides is 2. The zero-order valence-corrected chi connectivity index (χ0v) is 11.2. The minimum atomic E-state index is -1.15. The number of carbonyl (C=O) groups is 3. The van der Waals surface area contributed by atoms with Crippen molar-refractivity contribution >= 4 is 23.6 Å². The van der Waals surface area contributed by atoms with Gasteiger partial charge in [0.15, 0.2) is 5.82 Å². The lowest BCUT2D eigenvalue weighted by Crippen LogP contribution is -2.33. The van der Waals surface area contributed by atoms with Gasteiger partial charge in [-0.2, -0.15) is 5.10 Å². The van der Waals surface area contributed by atoms with E-state index in [-0.39, 0.29) is 35.8 Å². The van der Waals surface area contributed by atoms with E-state index >= 15 is 0 Å². The second-order valence-electron chi connectivity index (χ2n) is 5.00. The summed E-state index contributed by atoms with van der Waals surface area (Å²) >= 11 is 0. The first-order valence-corrected chi connectivity index (χ1v) is 6.27. The Morgan fingerprint density at radius 1 is 1.55 bits per heavy atom. The Labute approximate surface area is 115 Å². The van der Waals surface area contributed by atoms with Gasteiger partial charge in [0.05, 0.1) is 5.92 Å². The highest BCUT2D eigenvalue weighted by atomic mass is 16.4. The van der Waals surface area contributed by atoms with Crippen LogP contribution in [0.5, 0.6) is 0 Å². The maximum absolute atomic E-state index is 12.0. The van der Waals surface area contributed by atoms with Crippen LogP contribution >= 0.6 is 0 Å². The van der Waals surface area contributed by atoms with E-state index in [1.54, 1.807) is 4.90 Å². The van der Waals surface area contributed by atoms with Gasteiger partial charge in [-0.15, -0.1) is 0 Å². The number of aromatic carboxylic acids is 1. The molecule has 1 atom stereocenters. The van der Waals surface area contributed by atoms with Crippen molar-refractivity contribution in [3.63, 3.8) is 0 Å². The van der Waals surface area contributed by atoms with Crippen LogP contribution in [0, 0.1) is 5.92 Å². The summed E-state index contributed by atoms with van der Waals surface area (Å²) in [6, 6.07) is 1.29. The smallest absolute Gasteiger partial charge is 0.353 e. The molecule has 1 aliphatic heterocycles. The molecule has 0 spiro atoms. The van der Waals surface area contributed by atoms with E-state index in [9.17, 15) is 14.4 Å². The van der Waals surface area contributed by atoms with Crippen molar-refractivity contribution < 1.29 is 19.5 Å². The van der Waals surface area contributed by atoms with Gasteiger partial charge in [0, 0.05) is 25.1 Å². The van der Waals surface area contributed by atoms with Crippen molar-refractivity contribution in [3.8, 4) is 0 Å². The standard InChI is InChI=1S/C12H16N4O4/c1-6(2)16-5-7(3-10(16)17)11(18)13-9-4-8(12(19)20)14-15-9/h4,6-7H,3,5H2,1-2H3,(H,19,20)(H2,13,14,15,18). The van der Waals surface area contributed by atoms with Gasteiger partial charge in [-0.25, -0.2) is 4.79 Å². The Hall–Kier alpha value is -2.38. The highest BCUT2D eigenvalue weighted by molar-refractivity contribution is 5.97. The Balaban J connectivity index is 1.98. The molecule has 1 aliphatic rings. The van der Waals surface area contributed by atoms with Crippen LogP contribution in [0.1, 0.15) is 30.8 Å². The lowest BCUT2D eigenvalue weighted by Gasteiger charge is -2.20. The molecule has 2 amide bonds. The van der Waals surface area contributed by atoms with Crippen LogP contribution < -0.4 is 5.32 Å². The van der Waals surface area contributed by atoms with Crippen LogP contribution in [0.3, 0.4) is 0 Å². The van der Waals surface area contributed by atoms with Gasteiger partial charge in [0.25, 0.3) is 0 Å². The quantitative estimate of drug-likeness (QED) is 0.733. The number of carboxylic acid groups (broad SMARTS) is 1. The molecule has 8 nitrogen and oxygen atoms in total. The second kappa shape index (κ2) is 5.32. The fraction of sp³-hybridized carbons (Fsp3) is 0.500. The molecule has 20 heavy (non-hydrogen) atoms. The predicted octanol–water partition coefficient (Wildman–Crippen LogP) is 0.303. The molecule has 0 bridgehead atoms. The summed E-state index contributed by atoms with van der Waals surface area (Å²) in [4.78, 5) is 36.1. The minimum absolute atomic E-state index is 0.0478. The first-order chi connectivity index (χ1) is 9.38. The van der Waals surface area contributed by atoms with Gasteiger partial charge in [-0.05, 0) is 13.8 Å². The number of aromatic amines is 1. The molecular formula is C12H16N4O4. The third-order valence-corrected chi connectivity index (χ3v) is 3.21. The zero-order valence-electron chi connectivity index (χ0n) is 11.2. The van der Waals surface area contributed by atoms with Crippen LogP contribution in [0.2, 0.25) is 0 Å². The number of nitrogens with one attached hydrogen (secondary N) is 2. The van der Waals surface area contributed by atoms with Crippen LogP contribution in [-0.4, -0.2) is 50.6 Å². The van der Waals surface area contributed by atoms with Crippen LogP contribution in [-0.2, 0) is 9.59 Å². The third-order valence-electron chi connectivity index (χ3n) is 3.21. The molecular weight excluding hydrogens is 264 g/mol. The Morgan fingerprint density at radius 3 is 2.75 bits per heavy atom. The number of aromatic nitrogens is 2. The minimum Gasteiger partial charge on any atom is -0.477 e. The van der Waals surface area contributed by atoms with Gasteiger partial charge in [0.2, 0.25) is 11.8 Å². The van der Waals surface area contributed by atoms with Crippen molar-refractivity contribution in [1.29, 1.82) is 0 Å². The van der Waals surface area contributed by atoms with Crippen molar-refractivity contribution in [2.75, 3.05) is 11.9 Å². The number of hydrogen-bond donors (Lipinski definition) is 3. The van der Waals surface area contributed by atoms with E-state index in [0.717, 1.165) is 0 Å². The first-order valence-electron chi connectivity index (χ1n) is 6.27. The molecule has 1 saturated heterocycles. The van der Waals surface area contributed by atoms with E-state index in [4.69, 9.17) is 5.11 Å². The molecule has 0 aliphatic carbocycles. The van der Waals surface area contributed by atoms with Gasteiger partial charge in [0.1, 0.15) is 5.69 Å². The molecule has 1 fully saturated rings. The number of likely N-dealkylation sites (tertiary alicyclic amines) is 1. The summed E-state index contributed by atoms with van der Waals surface area (Å²) in [5.41, 5.74) is -0.105. The number of carbonyl (C=O) groups excluding carboxylic acids is 2. The van der Waals surface area contributed by atoms with E-state index in [0.29, 0.717) is 6.54 Å². The van der Waals surface area contributed by atoms with Gasteiger partial charge in [-0.1, -0.05) is 0 Å². The highest BCUT2D eigenvalue weighted by Gasteiger charge is 2.35. The molecule has 1 aromatic rings. The zero-order chi connectivity index (χ0) is 14.9. The Bertz CT molecular complexity index is 551. The summed E-state index contributed by atoms with van der Waals surface area (Å²) in [6.07, 6.45) is 0.167. The van der Waals surface area contributed by atoms with E-state index in [1.807, 2.05) is 13.8 Å². The molecule has 0 saturated carbocycles. The number of nitrogens with zero attached hydrogens (tertiary/aromatic N) is 2. The number of hydrogen-bond acceptors (Lipinski definition) is 4. The maximum atomic E-state index is 12.0. The number of rotatable bonds is 4. The Kier molecular flexibility index (Phi) is 3.73. The van der Waals surface area contributed by atoms with Crippen LogP contribution in [0.4, 0.5) is 5.82 Å². The van der Waals surface area contributed by atoms with Gasteiger partial charge >= 0.3 is 5.97 Å². The first kappa shape index (κ1) is 14.0. The van der Waals surface area contributed by atoms with Crippen molar-refractivity contribution in [3.05, 3.63) is 11.8 Å². The largest absolute Gasteiger partial charge is 0.477 e. The lowest BCUT2D eigenvalue weighted by molar-refractivity contribution is -0.129. The van der Waals surface area contributed by atoms with E-state index in [2.05, 4.69) is 15.5 Å². The molecule has 3 N–H and O–H groups in total. The molecule has 0 radical (unpaired) electrons. The average molecular weight is 280 g/mol. The topological polar surface area (TPSA) is 115 Å². The van der Waals surface area contributed by atoms with Gasteiger partial charge in [-0.3, -0.25) is 14.7 Å². The summed E-state index contributed by atoms with van der Waals surface area (Å²) in [6.45, 7) is 4.16. The summed E-state index contributed by atoms with van der Waals surface area (Å²) in [5.74, 6) is -1.82. The summed E-state index contributed by atoms with van der Waals surface area (Å²) in [5, 5.41) is 17.2. The molecule has 8 heteroatoms. The third kappa shape index (κ3) is 2.79. The SMILES string of the molecule is CC(C)N1CC(C(=O)Nc2cc(C(=O)O)[nH]n2)CC1=O. The van der Waals surface area contributed by atoms with E-state index < -0.39 is 11.9 Å². The van der Waals surface area contributed by atoms with E-state index in [1.165, 1.54) is 6.07 Å². The average Bonchev–Trinajstić information content (AvgIpc) is 2.95. The molecule has 1 aromatic heterocycles. The maximum Gasteiger partial charge on any atom is 0.353 e. The number of anilines is 1. The number of carboxylic acids is 1. The highest BCUT2D eigenvalue weighted by Crippen LogP contribution is 2.21. The number of H-pyrrole nitrogens is 1. The summed E-state index contributed by atoms with van der Waals surface area (Å²) < 4.78 is 0. The molecule has 1 unspecified atom stereocenters. The summed E-state index contributed by atoms with van der Waals surface area (Å²) in [7, 11) is 0. The molecule has 0 aromatic carbocycles. The van der Waals surface area contributed by atoms with Crippen LogP contribution in [0.15, 0.2) is 6.07 Å². The van der Waals surface area contributed by atoms with Crippen molar-refractivity contribution in [1.82, 2.24) is 15.1 Å². The molecule has 2 heterocycles. The second-order valence-corrected chi connectivity index (χ2v) is 5.00. The lowest BCUT2D eigenvalue weighted by atomic mass is 10.1.